The van der Waals surface area contributed by atoms with Crippen LogP contribution in [0, 0.1) is 6.92 Å². The average Bonchev–Trinajstić information content (AvgIpc) is 2.48. The summed E-state index contributed by atoms with van der Waals surface area (Å²) < 4.78 is 5.24. The molecule has 1 fully saturated rings. The lowest BCUT2D eigenvalue weighted by Crippen LogP contribution is -2.58. The molecule has 5 nitrogen and oxygen atoms in total. The van der Waals surface area contributed by atoms with Gasteiger partial charge in [0.05, 0.1) is 12.6 Å². The number of anilines is 1. The van der Waals surface area contributed by atoms with Crippen molar-refractivity contribution in [1.82, 2.24) is 10.2 Å². The van der Waals surface area contributed by atoms with E-state index in [1.165, 1.54) is 0 Å². The molecule has 0 aliphatic carbocycles. The van der Waals surface area contributed by atoms with Crippen LogP contribution >= 0.6 is 0 Å². The van der Waals surface area contributed by atoms with Gasteiger partial charge >= 0.3 is 0 Å². The number of amides is 1. The van der Waals surface area contributed by atoms with Gasteiger partial charge in [-0.15, -0.1) is 0 Å². The smallest absolute Gasteiger partial charge is 0.244 e. The van der Waals surface area contributed by atoms with Gasteiger partial charge in [0.2, 0.25) is 5.91 Å². The van der Waals surface area contributed by atoms with Crippen molar-refractivity contribution in [3.8, 4) is 5.75 Å². The van der Waals surface area contributed by atoms with E-state index in [1.54, 1.807) is 7.11 Å². The first-order chi connectivity index (χ1) is 9.95. The Hall–Kier alpha value is -1.59. The van der Waals surface area contributed by atoms with E-state index in [0.29, 0.717) is 0 Å². The molecule has 0 atom stereocenters. The minimum atomic E-state index is -0.518. The summed E-state index contributed by atoms with van der Waals surface area (Å²) in [7, 11) is 1.65. The zero-order valence-corrected chi connectivity index (χ0v) is 13.3. The predicted molar refractivity (Wildman–Crippen MR) is 84.9 cm³/mol. The summed E-state index contributed by atoms with van der Waals surface area (Å²) in [5.74, 6) is 0.850. The zero-order valence-electron chi connectivity index (χ0n) is 13.3. The standard InChI is InChI=1S/C16H25N3O2/c1-12-11-13(5-6-14(12)21-4)18-15(20)16(2,3)19-9-7-17-8-10-19/h5-6,11,17H,7-10H2,1-4H3,(H,18,20). The fraction of sp³-hybridized carbons (Fsp3) is 0.562. The molecule has 21 heavy (non-hydrogen) atoms. The van der Waals surface area contributed by atoms with Crippen molar-refractivity contribution >= 4 is 11.6 Å². The van der Waals surface area contributed by atoms with Crippen LogP contribution in [0.15, 0.2) is 18.2 Å². The van der Waals surface area contributed by atoms with E-state index in [4.69, 9.17) is 4.74 Å². The molecule has 2 N–H and O–H groups in total. The van der Waals surface area contributed by atoms with Crippen LogP contribution in [-0.4, -0.2) is 49.6 Å². The van der Waals surface area contributed by atoms with Crippen LogP contribution in [-0.2, 0) is 4.79 Å². The van der Waals surface area contributed by atoms with Gasteiger partial charge in [-0.2, -0.15) is 0 Å². The quantitative estimate of drug-likeness (QED) is 0.885. The lowest BCUT2D eigenvalue weighted by molar-refractivity contribution is -0.126. The third kappa shape index (κ3) is 3.54. The first-order valence-electron chi connectivity index (χ1n) is 7.37. The number of hydrogen-bond donors (Lipinski definition) is 2. The Bertz CT molecular complexity index is 508. The fourth-order valence-electron chi connectivity index (χ4n) is 2.61. The largest absolute Gasteiger partial charge is 0.496 e. The summed E-state index contributed by atoms with van der Waals surface area (Å²) in [4.78, 5) is 14.8. The molecule has 5 heteroatoms. The lowest BCUT2D eigenvalue weighted by atomic mass is 10.00. The SMILES string of the molecule is COc1ccc(NC(=O)C(C)(C)N2CCNCC2)cc1C. The molecule has 0 radical (unpaired) electrons. The van der Waals surface area contributed by atoms with E-state index in [9.17, 15) is 4.79 Å². The molecular formula is C16H25N3O2. The molecule has 1 heterocycles. The van der Waals surface area contributed by atoms with Crippen LogP contribution in [0.4, 0.5) is 5.69 Å². The molecule has 1 aromatic carbocycles. The number of hydrogen-bond acceptors (Lipinski definition) is 4. The van der Waals surface area contributed by atoms with Crippen LogP contribution in [0.25, 0.3) is 0 Å². The van der Waals surface area contributed by atoms with Crippen molar-refractivity contribution in [1.29, 1.82) is 0 Å². The van der Waals surface area contributed by atoms with Gasteiger partial charge in [0.1, 0.15) is 5.75 Å². The number of rotatable bonds is 4. The molecule has 0 bridgehead atoms. The zero-order chi connectivity index (χ0) is 15.5. The first kappa shape index (κ1) is 15.8. The van der Waals surface area contributed by atoms with Gasteiger partial charge in [0, 0.05) is 31.9 Å². The number of ether oxygens (including phenoxy) is 1. The van der Waals surface area contributed by atoms with Crippen molar-refractivity contribution in [2.75, 3.05) is 38.6 Å². The summed E-state index contributed by atoms with van der Waals surface area (Å²) in [6.45, 7) is 9.56. The van der Waals surface area contributed by atoms with E-state index >= 15 is 0 Å². The van der Waals surface area contributed by atoms with E-state index in [1.807, 2.05) is 39.0 Å². The van der Waals surface area contributed by atoms with Gasteiger partial charge in [-0.3, -0.25) is 9.69 Å². The van der Waals surface area contributed by atoms with Gasteiger partial charge in [-0.25, -0.2) is 0 Å². The highest BCUT2D eigenvalue weighted by Gasteiger charge is 2.35. The molecule has 0 aromatic heterocycles. The number of nitrogens with one attached hydrogen (secondary N) is 2. The molecular weight excluding hydrogens is 266 g/mol. The molecule has 1 aliphatic heterocycles. The summed E-state index contributed by atoms with van der Waals surface area (Å²) >= 11 is 0. The third-order valence-electron chi connectivity index (χ3n) is 4.12. The second-order valence-electron chi connectivity index (χ2n) is 5.93. The van der Waals surface area contributed by atoms with E-state index in [0.717, 1.165) is 43.2 Å². The Morgan fingerprint density at radius 3 is 2.57 bits per heavy atom. The van der Waals surface area contributed by atoms with E-state index in [-0.39, 0.29) is 5.91 Å². The Kier molecular flexibility index (Phi) is 4.85. The number of benzene rings is 1. The van der Waals surface area contributed by atoms with Gasteiger partial charge in [-0.1, -0.05) is 0 Å². The highest BCUT2D eigenvalue weighted by atomic mass is 16.5. The number of piperazine rings is 1. The number of carbonyl (C=O) groups is 1. The minimum absolute atomic E-state index is 0.0222. The Morgan fingerprint density at radius 1 is 1.33 bits per heavy atom. The van der Waals surface area contributed by atoms with Gasteiger partial charge in [0.25, 0.3) is 0 Å². The van der Waals surface area contributed by atoms with Gasteiger partial charge in [0.15, 0.2) is 0 Å². The predicted octanol–water partition coefficient (Wildman–Crippen LogP) is 1.63. The van der Waals surface area contributed by atoms with Crippen molar-refractivity contribution in [2.45, 2.75) is 26.3 Å². The van der Waals surface area contributed by atoms with Gasteiger partial charge < -0.3 is 15.4 Å². The maximum Gasteiger partial charge on any atom is 0.244 e. The number of methoxy groups -OCH3 is 1. The molecule has 1 aromatic rings. The molecule has 1 saturated heterocycles. The molecule has 0 saturated carbocycles. The van der Waals surface area contributed by atoms with Crippen LogP contribution in [0.1, 0.15) is 19.4 Å². The minimum Gasteiger partial charge on any atom is -0.496 e. The Morgan fingerprint density at radius 2 is 2.00 bits per heavy atom. The summed E-state index contributed by atoms with van der Waals surface area (Å²) in [6.07, 6.45) is 0. The van der Waals surface area contributed by atoms with Crippen LogP contribution in [0.3, 0.4) is 0 Å². The maximum absolute atomic E-state index is 12.6. The Balaban J connectivity index is 2.07. The number of nitrogens with zero attached hydrogens (tertiary/aromatic N) is 1. The molecule has 0 spiro atoms. The number of aryl methyl sites for hydroxylation is 1. The molecule has 2 rings (SSSR count). The van der Waals surface area contributed by atoms with Crippen LogP contribution < -0.4 is 15.4 Å². The molecule has 1 aliphatic rings. The highest BCUT2D eigenvalue weighted by Crippen LogP contribution is 2.23. The first-order valence-corrected chi connectivity index (χ1v) is 7.37. The summed E-state index contributed by atoms with van der Waals surface area (Å²) in [5.41, 5.74) is 1.30. The molecule has 1 amide bonds. The van der Waals surface area contributed by atoms with E-state index in [2.05, 4.69) is 15.5 Å². The van der Waals surface area contributed by atoms with E-state index < -0.39 is 5.54 Å². The lowest BCUT2D eigenvalue weighted by Gasteiger charge is -2.39. The topological polar surface area (TPSA) is 53.6 Å². The van der Waals surface area contributed by atoms with Crippen molar-refractivity contribution in [3.63, 3.8) is 0 Å². The number of carbonyl (C=O) groups excluding carboxylic acids is 1. The van der Waals surface area contributed by atoms with Crippen molar-refractivity contribution < 1.29 is 9.53 Å². The fourth-order valence-corrected chi connectivity index (χ4v) is 2.61. The second kappa shape index (κ2) is 6.45. The van der Waals surface area contributed by atoms with Crippen molar-refractivity contribution in [3.05, 3.63) is 23.8 Å². The second-order valence-corrected chi connectivity index (χ2v) is 5.93. The average molecular weight is 291 g/mol. The normalized spacial score (nSPS) is 16.6. The molecule has 0 unspecified atom stereocenters. The monoisotopic (exact) mass is 291 g/mol. The van der Waals surface area contributed by atoms with Crippen LogP contribution in [0.5, 0.6) is 5.75 Å². The summed E-state index contributed by atoms with van der Waals surface area (Å²) in [5, 5.41) is 6.32. The summed E-state index contributed by atoms with van der Waals surface area (Å²) in [6, 6.07) is 5.69. The van der Waals surface area contributed by atoms with Crippen molar-refractivity contribution in [2.24, 2.45) is 0 Å². The maximum atomic E-state index is 12.6. The van der Waals surface area contributed by atoms with Gasteiger partial charge in [-0.05, 0) is 44.5 Å². The third-order valence-corrected chi connectivity index (χ3v) is 4.12. The molecule has 116 valence electrons. The highest BCUT2D eigenvalue weighted by molar-refractivity contribution is 5.97. The Labute approximate surface area is 126 Å². The van der Waals surface area contributed by atoms with Crippen LogP contribution in [0.2, 0.25) is 0 Å².